The average molecular weight is 393 g/mol. The minimum absolute atomic E-state index is 0.169. The molecule has 9 nitrogen and oxygen atoms in total. The molecule has 1 aliphatic rings. The third kappa shape index (κ3) is 3.88. The van der Waals surface area contributed by atoms with E-state index in [1.807, 2.05) is 28.9 Å². The topological polar surface area (TPSA) is 109 Å². The van der Waals surface area contributed by atoms with Crippen LogP contribution in [0.4, 0.5) is 4.79 Å². The van der Waals surface area contributed by atoms with Crippen LogP contribution in [-0.4, -0.2) is 42.9 Å². The largest absolute Gasteiger partial charge is 0.487 e. The lowest BCUT2D eigenvalue weighted by atomic mass is 10.2. The van der Waals surface area contributed by atoms with E-state index in [2.05, 4.69) is 15.3 Å². The predicted octanol–water partition coefficient (Wildman–Crippen LogP) is 2.19. The summed E-state index contributed by atoms with van der Waals surface area (Å²) in [5.41, 5.74) is 2.82. The number of nitrogens with one attached hydrogen (secondary N) is 1. The van der Waals surface area contributed by atoms with Gasteiger partial charge in [-0.2, -0.15) is 0 Å². The maximum atomic E-state index is 12.2. The molecule has 0 saturated heterocycles. The van der Waals surface area contributed by atoms with E-state index in [1.54, 1.807) is 30.7 Å². The molecule has 148 valence electrons. The van der Waals surface area contributed by atoms with Gasteiger partial charge < -0.3 is 19.6 Å². The lowest BCUT2D eigenvalue weighted by molar-refractivity contribution is -0.126. The van der Waals surface area contributed by atoms with Crippen molar-refractivity contribution in [2.75, 3.05) is 6.54 Å². The number of fused-ring (bicyclic) bond motifs is 1. The Kier molecular flexibility index (Phi) is 5.10. The van der Waals surface area contributed by atoms with Crippen LogP contribution in [0.3, 0.4) is 0 Å². The van der Waals surface area contributed by atoms with Crippen molar-refractivity contribution in [3.05, 3.63) is 72.1 Å². The van der Waals surface area contributed by atoms with Gasteiger partial charge in [-0.3, -0.25) is 9.78 Å². The minimum Gasteiger partial charge on any atom is -0.487 e. The Bertz CT molecular complexity index is 1090. The number of aromatic nitrogens is 3. The summed E-state index contributed by atoms with van der Waals surface area (Å²) in [6, 6.07) is 5.67. The monoisotopic (exact) mass is 393 g/mol. The molecule has 0 bridgehead atoms. The van der Waals surface area contributed by atoms with E-state index < -0.39 is 12.0 Å². The first-order valence-electron chi connectivity index (χ1n) is 9.08. The van der Waals surface area contributed by atoms with E-state index in [-0.39, 0.29) is 12.2 Å². The molecule has 0 spiro atoms. The number of carboxylic acid groups (broad SMARTS) is 1. The second kappa shape index (κ2) is 8.01. The van der Waals surface area contributed by atoms with E-state index in [1.165, 1.54) is 0 Å². The van der Waals surface area contributed by atoms with Crippen LogP contribution in [0.1, 0.15) is 17.5 Å². The summed E-state index contributed by atoms with van der Waals surface area (Å²) in [5.74, 6) is 0.0266. The van der Waals surface area contributed by atoms with Gasteiger partial charge in [-0.15, -0.1) is 0 Å². The highest BCUT2D eigenvalue weighted by molar-refractivity contribution is 6.02. The van der Waals surface area contributed by atoms with E-state index in [4.69, 9.17) is 9.84 Å². The van der Waals surface area contributed by atoms with Gasteiger partial charge >= 0.3 is 6.09 Å². The Hall–Kier alpha value is -3.88. The molecule has 0 atom stereocenters. The molecule has 0 unspecified atom stereocenters. The molecule has 0 radical (unpaired) electrons. The van der Waals surface area contributed by atoms with Gasteiger partial charge in [-0.05, 0) is 18.6 Å². The zero-order valence-corrected chi connectivity index (χ0v) is 15.5. The number of ether oxygens (including phenoxy) is 1. The third-order valence-corrected chi connectivity index (χ3v) is 4.63. The Morgan fingerprint density at radius 1 is 1.24 bits per heavy atom. The van der Waals surface area contributed by atoms with Gasteiger partial charge in [0.15, 0.2) is 0 Å². The fourth-order valence-electron chi connectivity index (χ4n) is 3.15. The number of hydrogen-bond donors (Lipinski definition) is 2. The highest BCUT2D eigenvalue weighted by Crippen LogP contribution is 2.20. The summed E-state index contributed by atoms with van der Waals surface area (Å²) < 4.78 is 7.88. The Balaban J connectivity index is 1.45. The van der Waals surface area contributed by atoms with Gasteiger partial charge in [-0.25, -0.2) is 14.7 Å². The summed E-state index contributed by atoms with van der Waals surface area (Å²) in [5, 5.41) is 12.1. The van der Waals surface area contributed by atoms with Crippen LogP contribution in [-0.2, 0) is 17.9 Å². The van der Waals surface area contributed by atoms with Crippen molar-refractivity contribution in [1.82, 2.24) is 24.6 Å². The quantitative estimate of drug-likeness (QED) is 0.661. The molecule has 2 amide bonds. The zero-order chi connectivity index (χ0) is 20.2. The van der Waals surface area contributed by atoms with Crippen LogP contribution in [0.5, 0.6) is 5.75 Å². The number of nitrogens with zero attached hydrogens (tertiary/aromatic N) is 4. The van der Waals surface area contributed by atoms with E-state index in [0.717, 1.165) is 21.7 Å². The second-order valence-corrected chi connectivity index (χ2v) is 6.46. The summed E-state index contributed by atoms with van der Waals surface area (Å²) in [6.45, 7) is 0.785. The molecule has 1 aliphatic heterocycles. The summed E-state index contributed by atoms with van der Waals surface area (Å²) in [7, 11) is 0. The Morgan fingerprint density at radius 3 is 3.00 bits per heavy atom. The number of pyridine rings is 2. The van der Waals surface area contributed by atoms with Gasteiger partial charge in [0, 0.05) is 49.0 Å². The summed E-state index contributed by atoms with van der Waals surface area (Å²) in [6.07, 6.45) is 9.71. The van der Waals surface area contributed by atoms with Gasteiger partial charge in [0.25, 0.3) is 5.91 Å². The lowest BCUT2D eigenvalue weighted by Gasteiger charge is -2.23. The molecule has 4 rings (SSSR count). The molecule has 29 heavy (non-hydrogen) atoms. The highest BCUT2D eigenvalue weighted by Gasteiger charge is 2.26. The average Bonchev–Trinajstić information content (AvgIpc) is 3.21. The van der Waals surface area contributed by atoms with Gasteiger partial charge in [0.05, 0.1) is 11.9 Å². The second-order valence-electron chi connectivity index (χ2n) is 6.46. The van der Waals surface area contributed by atoms with Crippen molar-refractivity contribution in [3.63, 3.8) is 0 Å². The lowest BCUT2D eigenvalue weighted by Crippen LogP contribution is -2.42. The SMILES string of the molecule is O=C(O)N1CCC=C(NCc2ccncc2OCc2cccn3ccnc23)C1=O. The van der Waals surface area contributed by atoms with Crippen molar-refractivity contribution in [3.8, 4) is 5.75 Å². The molecule has 2 N–H and O–H groups in total. The number of carbonyl (C=O) groups is 2. The molecule has 4 heterocycles. The molecule has 0 aromatic carbocycles. The van der Waals surface area contributed by atoms with Crippen LogP contribution in [0.2, 0.25) is 0 Å². The smallest absolute Gasteiger partial charge is 0.414 e. The van der Waals surface area contributed by atoms with E-state index in [9.17, 15) is 9.59 Å². The first-order chi connectivity index (χ1) is 14.1. The van der Waals surface area contributed by atoms with Crippen molar-refractivity contribution in [2.45, 2.75) is 19.6 Å². The number of imide groups is 1. The number of carbonyl (C=O) groups excluding carboxylic acids is 1. The van der Waals surface area contributed by atoms with Crippen molar-refractivity contribution in [1.29, 1.82) is 0 Å². The van der Waals surface area contributed by atoms with E-state index >= 15 is 0 Å². The maximum absolute atomic E-state index is 12.2. The molecule has 0 saturated carbocycles. The molecule has 9 heteroatoms. The van der Waals surface area contributed by atoms with E-state index in [0.29, 0.717) is 25.3 Å². The molecular formula is C20H19N5O4. The van der Waals surface area contributed by atoms with Crippen LogP contribution in [0.15, 0.2) is 61.0 Å². The number of rotatable bonds is 6. The fourth-order valence-corrected chi connectivity index (χ4v) is 3.15. The van der Waals surface area contributed by atoms with Crippen LogP contribution < -0.4 is 10.1 Å². The van der Waals surface area contributed by atoms with Gasteiger partial charge in [0.2, 0.25) is 0 Å². The minimum atomic E-state index is -1.25. The molecule has 0 aliphatic carbocycles. The van der Waals surface area contributed by atoms with Crippen molar-refractivity contribution < 1.29 is 19.4 Å². The zero-order valence-electron chi connectivity index (χ0n) is 15.5. The summed E-state index contributed by atoms with van der Waals surface area (Å²) in [4.78, 5) is 32.6. The van der Waals surface area contributed by atoms with Crippen LogP contribution in [0, 0.1) is 0 Å². The highest BCUT2D eigenvalue weighted by atomic mass is 16.5. The first kappa shape index (κ1) is 18.5. The first-order valence-corrected chi connectivity index (χ1v) is 9.08. The van der Waals surface area contributed by atoms with Crippen LogP contribution in [0.25, 0.3) is 5.65 Å². The fraction of sp³-hybridized carbons (Fsp3) is 0.200. The van der Waals surface area contributed by atoms with Crippen LogP contribution >= 0.6 is 0 Å². The van der Waals surface area contributed by atoms with Crippen molar-refractivity contribution in [2.24, 2.45) is 0 Å². The summed E-state index contributed by atoms with van der Waals surface area (Å²) >= 11 is 0. The Labute approximate surface area is 166 Å². The van der Waals surface area contributed by atoms with Gasteiger partial charge in [0.1, 0.15) is 18.0 Å². The molecule has 3 aromatic heterocycles. The molecule has 0 fully saturated rings. The molecular weight excluding hydrogens is 374 g/mol. The third-order valence-electron chi connectivity index (χ3n) is 4.63. The number of hydrogen-bond acceptors (Lipinski definition) is 6. The normalized spacial score (nSPS) is 14.0. The number of amides is 2. The van der Waals surface area contributed by atoms with Gasteiger partial charge in [-0.1, -0.05) is 12.1 Å². The number of imidazole rings is 1. The van der Waals surface area contributed by atoms with Crippen molar-refractivity contribution >= 4 is 17.6 Å². The predicted molar refractivity (Wildman–Crippen MR) is 103 cm³/mol. The molecule has 3 aromatic rings. The maximum Gasteiger partial charge on any atom is 0.414 e. The standard InChI is InChI=1S/C20H19N5O4/c26-19-16(4-2-9-25(19)20(27)28)23-11-14-5-6-21-12-17(14)29-13-15-3-1-8-24-10-7-22-18(15)24/h1,3-8,10,12,23H,2,9,11,13H2,(H,27,28). The Morgan fingerprint density at radius 2 is 2.14 bits per heavy atom.